The number of rotatable bonds is 4. The van der Waals surface area contributed by atoms with E-state index in [1.54, 1.807) is 23.5 Å². The number of aliphatic hydroxyl groups is 1. The molecule has 0 aliphatic carbocycles. The Morgan fingerprint density at radius 3 is 2.57 bits per heavy atom. The van der Waals surface area contributed by atoms with Gasteiger partial charge in [-0.2, -0.15) is 0 Å². The molecule has 0 aliphatic rings. The second-order valence-electron chi connectivity index (χ2n) is 2.60. The van der Waals surface area contributed by atoms with Crippen molar-refractivity contribution in [2.45, 2.75) is 5.75 Å². The van der Waals surface area contributed by atoms with Crippen LogP contribution in [0.5, 0.6) is 0 Å². The molecule has 0 bridgehead atoms. The van der Waals surface area contributed by atoms with Gasteiger partial charge in [-0.25, -0.2) is 0 Å². The fourth-order valence-corrected chi connectivity index (χ4v) is 2.81. The van der Waals surface area contributed by atoms with Gasteiger partial charge in [-0.3, -0.25) is 0 Å². The van der Waals surface area contributed by atoms with Gasteiger partial charge in [0.25, 0.3) is 0 Å². The Morgan fingerprint density at radius 2 is 1.93 bits per heavy atom. The molecule has 0 saturated carbocycles. The maximum Gasteiger partial charge on any atom is 0.104 e. The predicted molar refractivity (Wildman–Crippen MR) is 69.9 cm³/mol. The number of thiocarbonyl (C=S) groups is 1. The van der Waals surface area contributed by atoms with Crippen molar-refractivity contribution in [2.24, 2.45) is 0 Å². The van der Waals surface area contributed by atoms with Gasteiger partial charge in [0.15, 0.2) is 0 Å². The average molecular weight is 244 g/mol. The highest BCUT2D eigenvalue weighted by Crippen LogP contribution is 2.21. The molecule has 1 nitrogen and oxygen atoms in total. The lowest BCUT2D eigenvalue weighted by Crippen LogP contribution is -1.90. The zero-order valence-corrected chi connectivity index (χ0v) is 10.1. The van der Waals surface area contributed by atoms with Gasteiger partial charge >= 0.3 is 0 Å². The van der Waals surface area contributed by atoms with Crippen LogP contribution in [0.15, 0.2) is 30.3 Å². The Hall–Kier alpha value is -0.0300. The number of benzene rings is 1. The summed E-state index contributed by atoms with van der Waals surface area (Å²) in [5, 5.41) is 8.61. The molecule has 0 saturated heterocycles. The third-order valence-electron chi connectivity index (χ3n) is 1.51. The van der Waals surface area contributed by atoms with Crippen molar-refractivity contribution in [3.8, 4) is 0 Å². The minimum Gasteiger partial charge on any atom is -0.396 e. The second kappa shape index (κ2) is 7.29. The van der Waals surface area contributed by atoms with E-state index in [0.29, 0.717) is 5.75 Å². The molecule has 1 rings (SSSR count). The Balaban J connectivity index is 2.24. The van der Waals surface area contributed by atoms with Gasteiger partial charge in [-0.05, 0) is 5.56 Å². The zero-order valence-electron chi connectivity index (χ0n) is 7.68. The second-order valence-corrected chi connectivity index (χ2v) is 5.87. The Bertz CT molecular complexity index is 274. The Labute approximate surface area is 98.3 Å². The van der Waals surface area contributed by atoms with Crippen molar-refractivity contribution in [2.75, 3.05) is 12.4 Å². The smallest absolute Gasteiger partial charge is 0.104 e. The van der Waals surface area contributed by atoms with Crippen LogP contribution in [0.3, 0.4) is 0 Å². The summed E-state index contributed by atoms with van der Waals surface area (Å²) in [5.74, 6) is 1.61. The van der Waals surface area contributed by atoms with Crippen LogP contribution in [-0.2, 0) is 5.75 Å². The van der Waals surface area contributed by atoms with Gasteiger partial charge in [-0.1, -0.05) is 42.5 Å². The van der Waals surface area contributed by atoms with Gasteiger partial charge in [0.2, 0.25) is 0 Å². The molecule has 0 aromatic heterocycles. The number of aliphatic hydroxyl groups excluding tert-OH is 1. The van der Waals surface area contributed by atoms with E-state index in [2.05, 4.69) is 12.1 Å². The van der Waals surface area contributed by atoms with Crippen LogP contribution in [-0.4, -0.2) is 21.0 Å². The van der Waals surface area contributed by atoms with Gasteiger partial charge in [0.05, 0.1) is 6.61 Å². The molecule has 4 heteroatoms. The van der Waals surface area contributed by atoms with E-state index in [9.17, 15) is 0 Å². The summed E-state index contributed by atoms with van der Waals surface area (Å²) in [5.41, 5.74) is 1.28. The van der Waals surface area contributed by atoms with Gasteiger partial charge in [0.1, 0.15) is 3.53 Å². The fraction of sp³-hybridized carbons (Fsp3) is 0.300. The molecule has 76 valence electrons. The molecular weight excluding hydrogens is 232 g/mol. The lowest BCUT2D eigenvalue weighted by Gasteiger charge is -2.01. The van der Waals surface area contributed by atoms with Crippen LogP contribution in [0.2, 0.25) is 0 Å². The first-order chi connectivity index (χ1) is 6.83. The molecule has 0 heterocycles. The van der Waals surface area contributed by atoms with Crippen LogP contribution in [0.4, 0.5) is 0 Å². The first-order valence-electron chi connectivity index (χ1n) is 4.27. The van der Waals surface area contributed by atoms with E-state index in [4.69, 9.17) is 17.3 Å². The quantitative estimate of drug-likeness (QED) is 0.821. The predicted octanol–water partition coefficient (Wildman–Crippen LogP) is 2.93. The molecule has 0 amide bonds. The molecular formula is C10H12OS3. The lowest BCUT2D eigenvalue weighted by molar-refractivity contribution is 0.323. The minimum atomic E-state index is 0.191. The summed E-state index contributed by atoms with van der Waals surface area (Å²) >= 11 is 8.33. The van der Waals surface area contributed by atoms with Crippen molar-refractivity contribution >= 4 is 39.3 Å². The van der Waals surface area contributed by atoms with E-state index >= 15 is 0 Å². The summed E-state index contributed by atoms with van der Waals surface area (Å²) in [4.78, 5) is 0. The molecule has 14 heavy (non-hydrogen) atoms. The van der Waals surface area contributed by atoms with Crippen molar-refractivity contribution in [3.63, 3.8) is 0 Å². The lowest BCUT2D eigenvalue weighted by atomic mass is 10.2. The molecule has 0 spiro atoms. The van der Waals surface area contributed by atoms with Gasteiger partial charge in [0, 0.05) is 11.5 Å². The third-order valence-corrected chi connectivity index (χ3v) is 4.26. The molecule has 0 unspecified atom stereocenters. The highest BCUT2D eigenvalue weighted by molar-refractivity contribution is 8.46. The van der Waals surface area contributed by atoms with Crippen LogP contribution < -0.4 is 0 Å². The molecule has 1 aromatic rings. The van der Waals surface area contributed by atoms with E-state index in [0.717, 1.165) is 9.28 Å². The Morgan fingerprint density at radius 1 is 1.21 bits per heavy atom. The Kier molecular flexibility index (Phi) is 6.27. The normalized spacial score (nSPS) is 10.1. The standard InChI is InChI=1S/C10H12OS3/c11-6-7-13-10(12)14-8-9-4-2-1-3-5-9/h1-5,11H,6-8H2. The van der Waals surface area contributed by atoms with Crippen LogP contribution in [0, 0.1) is 0 Å². The molecule has 0 radical (unpaired) electrons. The molecule has 0 fully saturated rings. The highest BCUT2D eigenvalue weighted by Gasteiger charge is 1.98. The van der Waals surface area contributed by atoms with Crippen LogP contribution >= 0.6 is 35.7 Å². The summed E-state index contributed by atoms with van der Waals surface area (Å²) in [6.07, 6.45) is 0. The number of thioether (sulfide) groups is 2. The zero-order chi connectivity index (χ0) is 10.2. The topological polar surface area (TPSA) is 20.2 Å². The molecule has 1 N–H and O–H groups in total. The number of hydrogen-bond acceptors (Lipinski definition) is 4. The third kappa shape index (κ3) is 5.00. The van der Waals surface area contributed by atoms with Crippen LogP contribution in [0.25, 0.3) is 0 Å². The van der Waals surface area contributed by atoms with Crippen molar-refractivity contribution < 1.29 is 5.11 Å². The summed E-state index contributed by atoms with van der Waals surface area (Å²) in [7, 11) is 0. The SMILES string of the molecule is OCCSC(=S)SCc1ccccc1. The van der Waals surface area contributed by atoms with Gasteiger partial charge in [-0.15, -0.1) is 23.5 Å². The largest absolute Gasteiger partial charge is 0.396 e. The molecule has 0 aliphatic heterocycles. The average Bonchev–Trinajstić information content (AvgIpc) is 2.25. The number of hydrogen-bond donors (Lipinski definition) is 1. The van der Waals surface area contributed by atoms with E-state index in [1.165, 1.54) is 5.56 Å². The highest BCUT2D eigenvalue weighted by atomic mass is 32.2. The van der Waals surface area contributed by atoms with Crippen molar-refractivity contribution in [3.05, 3.63) is 35.9 Å². The maximum absolute atomic E-state index is 8.61. The summed E-state index contributed by atoms with van der Waals surface area (Å²) in [6, 6.07) is 10.2. The van der Waals surface area contributed by atoms with Gasteiger partial charge < -0.3 is 5.11 Å². The monoisotopic (exact) mass is 244 g/mol. The van der Waals surface area contributed by atoms with Crippen LogP contribution in [0.1, 0.15) is 5.56 Å². The van der Waals surface area contributed by atoms with Crippen molar-refractivity contribution in [1.29, 1.82) is 0 Å². The first-order valence-corrected chi connectivity index (χ1v) is 6.65. The summed E-state index contributed by atoms with van der Waals surface area (Å²) < 4.78 is 0.905. The van der Waals surface area contributed by atoms with E-state index < -0.39 is 0 Å². The fourth-order valence-electron chi connectivity index (χ4n) is 0.887. The minimum absolute atomic E-state index is 0.191. The molecule has 0 atom stereocenters. The van der Waals surface area contributed by atoms with E-state index in [1.807, 2.05) is 18.2 Å². The summed E-state index contributed by atoms with van der Waals surface area (Å²) in [6.45, 7) is 0.191. The molecule has 1 aromatic carbocycles. The first kappa shape index (κ1) is 12.0. The van der Waals surface area contributed by atoms with E-state index in [-0.39, 0.29) is 6.61 Å². The van der Waals surface area contributed by atoms with Crippen molar-refractivity contribution in [1.82, 2.24) is 0 Å². The maximum atomic E-state index is 8.61.